The Kier molecular flexibility index (Phi) is 5.83. The molecule has 22 heavy (non-hydrogen) atoms. The highest BCUT2D eigenvalue weighted by Crippen LogP contribution is 2.11. The number of aromatic nitrogens is 1. The minimum absolute atomic E-state index is 0.0814. The molecule has 0 fully saturated rings. The van der Waals surface area contributed by atoms with Crippen LogP contribution in [0, 0.1) is 0 Å². The molecule has 120 valence electrons. The van der Waals surface area contributed by atoms with Crippen LogP contribution in [0.25, 0.3) is 0 Å². The molecule has 2 heterocycles. The number of carbonyl (C=O) groups is 1. The molecule has 1 unspecified atom stereocenters. The van der Waals surface area contributed by atoms with Crippen LogP contribution in [0.1, 0.15) is 31.7 Å². The third-order valence-electron chi connectivity index (χ3n) is 3.90. The number of hydrogen-bond donors (Lipinski definition) is 1. The van der Waals surface area contributed by atoms with Crippen LogP contribution in [0.15, 0.2) is 41.1 Å². The van der Waals surface area contributed by atoms with Gasteiger partial charge >= 0.3 is 0 Å². The van der Waals surface area contributed by atoms with Crippen molar-refractivity contribution in [1.29, 1.82) is 0 Å². The zero-order chi connectivity index (χ0) is 15.9. The lowest BCUT2D eigenvalue weighted by Crippen LogP contribution is -2.40. The molecule has 0 spiro atoms. The van der Waals surface area contributed by atoms with Crippen molar-refractivity contribution in [2.75, 3.05) is 6.54 Å². The molecule has 2 aromatic heterocycles. The van der Waals surface area contributed by atoms with E-state index in [4.69, 9.17) is 4.42 Å². The molecule has 5 nitrogen and oxygen atoms in total. The molecule has 2 rings (SSSR count). The Bertz CT molecular complexity index is 575. The van der Waals surface area contributed by atoms with E-state index in [9.17, 15) is 4.79 Å². The second kappa shape index (κ2) is 7.84. The standard InChI is InChI=1S/C17H25N3O2/c1-4-14(2)18-11-17(21)20(13-16-8-6-10-22-16)12-15-7-5-9-19(15)3/h5-10,14,18H,4,11-13H2,1-3H3. The molecule has 1 atom stereocenters. The van der Waals surface area contributed by atoms with Crippen molar-refractivity contribution in [3.63, 3.8) is 0 Å². The van der Waals surface area contributed by atoms with Gasteiger partial charge in [-0.25, -0.2) is 0 Å². The first-order valence-electron chi connectivity index (χ1n) is 7.74. The van der Waals surface area contributed by atoms with Crippen LogP contribution in [0.5, 0.6) is 0 Å². The van der Waals surface area contributed by atoms with Crippen molar-refractivity contribution >= 4 is 5.91 Å². The van der Waals surface area contributed by atoms with Crippen molar-refractivity contribution in [1.82, 2.24) is 14.8 Å². The van der Waals surface area contributed by atoms with Gasteiger partial charge in [-0.3, -0.25) is 4.79 Å². The summed E-state index contributed by atoms with van der Waals surface area (Å²) in [4.78, 5) is 14.4. The van der Waals surface area contributed by atoms with Crippen LogP contribution >= 0.6 is 0 Å². The predicted octanol–water partition coefficient (Wildman–Crippen LogP) is 2.54. The number of nitrogens with one attached hydrogen (secondary N) is 1. The van der Waals surface area contributed by atoms with Crippen LogP contribution < -0.4 is 5.32 Å². The fraction of sp³-hybridized carbons (Fsp3) is 0.471. The number of hydrogen-bond acceptors (Lipinski definition) is 3. The lowest BCUT2D eigenvalue weighted by atomic mass is 10.2. The monoisotopic (exact) mass is 303 g/mol. The molecule has 0 saturated carbocycles. The van der Waals surface area contributed by atoms with Crippen molar-refractivity contribution in [3.05, 3.63) is 48.2 Å². The largest absolute Gasteiger partial charge is 0.467 e. The summed E-state index contributed by atoms with van der Waals surface area (Å²) in [5.74, 6) is 0.879. The lowest BCUT2D eigenvalue weighted by molar-refractivity contribution is -0.132. The maximum absolute atomic E-state index is 12.5. The summed E-state index contributed by atoms with van der Waals surface area (Å²) >= 11 is 0. The Morgan fingerprint density at radius 3 is 2.77 bits per heavy atom. The van der Waals surface area contributed by atoms with E-state index in [1.165, 1.54) is 0 Å². The number of rotatable bonds is 8. The van der Waals surface area contributed by atoms with E-state index < -0.39 is 0 Å². The third kappa shape index (κ3) is 4.49. The van der Waals surface area contributed by atoms with Crippen LogP contribution in [0.3, 0.4) is 0 Å². The molecule has 0 aromatic carbocycles. The molecule has 0 bridgehead atoms. The Balaban J connectivity index is 2.03. The highest BCUT2D eigenvalue weighted by molar-refractivity contribution is 5.78. The highest BCUT2D eigenvalue weighted by Gasteiger charge is 2.17. The zero-order valence-electron chi connectivity index (χ0n) is 13.6. The summed E-state index contributed by atoms with van der Waals surface area (Å²) < 4.78 is 7.42. The number of carbonyl (C=O) groups excluding carboxylic acids is 1. The molecule has 2 aromatic rings. The van der Waals surface area contributed by atoms with Crippen molar-refractivity contribution in [3.8, 4) is 0 Å². The maximum Gasteiger partial charge on any atom is 0.237 e. The minimum atomic E-state index is 0.0814. The summed E-state index contributed by atoms with van der Waals surface area (Å²) in [6.07, 6.45) is 4.63. The highest BCUT2D eigenvalue weighted by atomic mass is 16.3. The summed E-state index contributed by atoms with van der Waals surface area (Å²) in [6, 6.07) is 8.10. The molecule has 5 heteroatoms. The Hall–Kier alpha value is -2.01. The zero-order valence-corrected chi connectivity index (χ0v) is 13.6. The Morgan fingerprint density at radius 1 is 1.36 bits per heavy atom. The van der Waals surface area contributed by atoms with E-state index in [1.807, 2.05) is 47.0 Å². The van der Waals surface area contributed by atoms with Gasteiger partial charge in [0.05, 0.1) is 25.9 Å². The third-order valence-corrected chi connectivity index (χ3v) is 3.90. The summed E-state index contributed by atoms with van der Waals surface area (Å²) in [7, 11) is 1.99. The average Bonchev–Trinajstić information content (AvgIpc) is 3.16. The molecule has 1 N–H and O–H groups in total. The summed E-state index contributed by atoms with van der Waals surface area (Å²) in [6.45, 7) is 5.60. The van der Waals surface area contributed by atoms with Gasteiger partial charge in [-0.15, -0.1) is 0 Å². The maximum atomic E-state index is 12.5. The first-order valence-corrected chi connectivity index (χ1v) is 7.74. The van der Waals surface area contributed by atoms with Gasteiger partial charge in [-0.2, -0.15) is 0 Å². The van der Waals surface area contributed by atoms with Crippen LogP contribution in [0.4, 0.5) is 0 Å². The molecule has 0 aliphatic rings. The van der Waals surface area contributed by atoms with Crippen molar-refractivity contribution in [2.45, 2.75) is 39.4 Å². The quantitative estimate of drug-likeness (QED) is 0.815. The summed E-state index contributed by atoms with van der Waals surface area (Å²) in [5.41, 5.74) is 1.10. The van der Waals surface area contributed by atoms with E-state index >= 15 is 0 Å². The van der Waals surface area contributed by atoms with Gasteiger partial charge in [0.1, 0.15) is 5.76 Å². The smallest absolute Gasteiger partial charge is 0.237 e. The van der Waals surface area contributed by atoms with Gasteiger partial charge < -0.3 is 19.2 Å². The van der Waals surface area contributed by atoms with Crippen molar-refractivity contribution < 1.29 is 9.21 Å². The molecule has 0 aliphatic heterocycles. The first kappa shape index (κ1) is 16.4. The van der Waals surface area contributed by atoms with Gasteiger partial charge in [-0.05, 0) is 37.6 Å². The van der Waals surface area contributed by atoms with E-state index in [-0.39, 0.29) is 5.91 Å². The minimum Gasteiger partial charge on any atom is -0.467 e. The van der Waals surface area contributed by atoms with E-state index in [2.05, 4.69) is 19.2 Å². The molecular formula is C17H25N3O2. The van der Waals surface area contributed by atoms with Crippen LogP contribution in [0.2, 0.25) is 0 Å². The van der Waals surface area contributed by atoms with E-state index in [0.717, 1.165) is 17.9 Å². The second-order valence-electron chi connectivity index (χ2n) is 5.63. The fourth-order valence-electron chi connectivity index (χ4n) is 2.20. The molecule has 0 saturated heterocycles. The van der Waals surface area contributed by atoms with Gasteiger partial charge in [0, 0.05) is 25.0 Å². The molecule has 0 radical (unpaired) electrons. The molecule has 1 amide bonds. The Morgan fingerprint density at radius 2 is 2.18 bits per heavy atom. The van der Waals surface area contributed by atoms with Gasteiger partial charge in [0.2, 0.25) is 5.91 Å². The lowest BCUT2D eigenvalue weighted by Gasteiger charge is -2.23. The first-order chi connectivity index (χ1) is 10.6. The van der Waals surface area contributed by atoms with E-state index in [0.29, 0.717) is 25.7 Å². The van der Waals surface area contributed by atoms with Crippen molar-refractivity contribution in [2.24, 2.45) is 7.05 Å². The number of furan rings is 1. The number of nitrogens with zero attached hydrogens (tertiary/aromatic N) is 2. The van der Waals surface area contributed by atoms with E-state index in [1.54, 1.807) is 6.26 Å². The predicted molar refractivity (Wildman–Crippen MR) is 86.1 cm³/mol. The van der Waals surface area contributed by atoms with Crippen LogP contribution in [-0.4, -0.2) is 28.0 Å². The molecule has 0 aliphatic carbocycles. The second-order valence-corrected chi connectivity index (χ2v) is 5.63. The SMILES string of the molecule is CCC(C)NCC(=O)N(Cc1ccco1)Cc1cccn1C. The average molecular weight is 303 g/mol. The van der Waals surface area contributed by atoms with Gasteiger partial charge in [-0.1, -0.05) is 6.92 Å². The molecular weight excluding hydrogens is 278 g/mol. The number of aryl methyl sites for hydroxylation is 1. The fourth-order valence-corrected chi connectivity index (χ4v) is 2.20. The normalized spacial score (nSPS) is 12.3. The van der Waals surface area contributed by atoms with Gasteiger partial charge in [0.25, 0.3) is 0 Å². The topological polar surface area (TPSA) is 50.4 Å². The summed E-state index contributed by atoms with van der Waals surface area (Å²) in [5, 5.41) is 3.26. The van der Waals surface area contributed by atoms with Crippen LogP contribution in [-0.2, 0) is 24.9 Å². The number of amides is 1. The van der Waals surface area contributed by atoms with Gasteiger partial charge in [0.15, 0.2) is 0 Å². The Labute approximate surface area is 131 Å².